The fraction of sp³-hybridized carbons (Fsp3) is 0.174. The molecule has 2 aromatic heterocycles. The Balaban J connectivity index is 1.58. The summed E-state index contributed by atoms with van der Waals surface area (Å²) in [6.45, 7) is 2.39. The molecule has 0 radical (unpaired) electrons. The molecule has 31 heavy (non-hydrogen) atoms. The van der Waals surface area contributed by atoms with Gasteiger partial charge in [0, 0.05) is 23.4 Å². The zero-order valence-corrected chi connectivity index (χ0v) is 19.2. The summed E-state index contributed by atoms with van der Waals surface area (Å²) in [5, 5.41) is 7.92. The van der Waals surface area contributed by atoms with Gasteiger partial charge in [-0.2, -0.15) is 5.10 Å². The van der Waals surface area contributed by atoms with Gasteiger partial charge in [-0.25, -0.2) is 9.67 Å². The number of rotatable bonds is 7. The molecule has 4 rings (SSSR count). The lowest BCUT2D eigenvalue weighted by molar-refractivity contribution is 0.0932. The molecule has 0 aliphatic rings. The first-order valence-corrected chi connectivity index (χ1v) is 11.0. The Labute approximate surface area is 194 Å². The highest BCUT2D eigenvalue weighted by Gasteiger charge is 2.24. The molecule has 0 bridgehead atoms. The molecule has 1 N–H and O–H groups in total. The van der Waals surface area contributed by atoms with Crippen LogP contribution >= 0.6 is 27.5 Å². The number of nitrogens with one attached hydrogen (secondary N) is 1. The fourth-order valence-electron chi connectivity index (χ4n) is 3.48. The quantitative estimate of drug-likeness (QED) is 0.397. The molecule has 0 unspecified atom stereocenters. The van der Waals surface area contributed by atoms with Gasteiger partial charge in [-0.1, -0.05) is 57.9 Å². The van der Waals surface area contributed by atoms with Crippen molar-refractivity contribution >= 4 is 33.4 Å². The lowest BCUT2D eigenvalue weighted by Crippen LogP contribution is -2.39. The lowest BCUT2D eigenvalue weighted by atomic mass is 10.1. The van der Waals surface area contributed by atoms with E-state index in [1.54, 1.807) is 24.1 Å². The van der Waals surface area contributed by atoms with E-state index < -0.39 is 0 Å². The van der Waals surface area contributed by atoms with Gasteiger partial charge in [0.05, 0.1) is 29.3 Å². The second kappa shape index (κ2) is 9.49. The highest BCUT2D eigenvalue weighted by Crippen LogP contribution is 2.24. The summed E-state index contributed by atoms with van der Waals surface area (Å²) in [6, 6.07) is 17.5. The van der Waals surface area contributed by atoms with Gasteiger partial charge < -0.3 is 9.88 Å². The zero-order chi connectivity index (χ0) is 21.8. The van der Waals surface area contributed by atoms with Crippen molar-refractivity contribution in [3.8, 4) is 5.69 Å². The highest BCUT2D eigenvalue weighted by atomic mass is 79.9. The van der Waals surface area contributed by atoms with Crippen molar-refractivity contribution in [3.05, 3.63) is 99.8 Å². The van der Waals surface area contributed by atoms with E-state index in [1.165, 1.54) is 0 Å². The average molecular weight is 499 g/mol. The first-order valence-electron chi connectivity index (χ1n) is 9.83. The summed E-state index contributed by atoms with van der Waals surface area (Å²) in [6.07, 6.45) is 6.04. The maximum atomic E-state index is 13.2. The maximum absolute atomic E-state index is 13.2. The summed E-state index contributed by atoms with van der Waals surface area (Å²) < 4.78 is 4.49. The maximum Gasteiger partial charge on any atom is 0.256 e. The van der Waals surface area contributed by atoms with Gasteiger partial charge in [-0.3, -0.25) is 4.79 Å². The first kappa shape index (κ1) is 21.3. The van der Waals surface area contributed by atoms with E-state index >= 15 is 0 Å². The van der Waals surface area contributed by atoms with E-state index in [0.717, 1.165) is 15.7 Å². The van der Waals surface area contributed by atoms with Gasteiger partial charge in [0.2, 0.25) is 0 Å². The number of nitrogens with zero attached hydrogens (tertiary/aromatic N) is 4. The molecule has 0 spiro atoms. The second-order valence-corrected chi connectivity index (χ2v) is 8.53. The summed E-state index contributed by atoms with van der Waals surface area (Å²) in [7, 11) is 0. The minimum Gasteiger partial charge on any atom is -0.347 e. The molecule has 0 aliphatic carbocycles. The standard InChI is InChI=1S/C23H21BrClN5O/c1-16-21(22(25)30(28-16)20-9-7-18(24)8-10-20)23(31)27-19(14-29-12-11-26-15-29)13-17-5-3-2-4-6-17/h2-12,15,19H,13-14H2,1H3,(H,27,31)/t19-/m0/s1. The lowest BCUT2D eigenvalue weighted by Gasteiger charge is -2.19. The Bertz CT molecular complexity index is 1160. The monoisotopic (exact) mass is 497 g/mol. The summed E-state index contributed by atoms with van der Waals surface area (Å²) in [5.41, 5.74) is 2.88. The molecule has 6 nitrogen and oxygen atoms in total. The molecular weight excluding hydrogens is 478 g/mol. The van der Waals surface area contributed by atoms with Crippen molar-refractivity contribution < 1.29 is 4.79 Å². The Kier molecular flexibility index (Phi) is 6.53. The normalized spacial score (nSPS) is 12.0. The van der Waals surface area contributed by atoms with Crippen LogP contribution < -0.4 is 5.32 Å². The molecule has 0 aliphatic heterocycles. The number of benzene rings is 2. The predicted molar refractivity (Wildman–Crippen MR) is 125 cm³/mol. The van der Waals surface area contributed by atoms with Crippen molar-refractivity contribution in [2.45, 2.75) is 25.9 Å². The van der Waals surface area contributed by atoms with Crippen molar-refractivity contribution in [1.29, 1.82) is 0 Å². The van der Waals surface area contributed by atoms with Crippen LogP contribution in [0.4, 0.5) is 0 Å². The number of amides is 1. The molecule has 0 fully saturated rings. The van der Waals surface area contributed by atoms with Crippen LogP contribution in [0.15, 0.2) is 77.8 Å². The second-order valence-electron chi connectivity index (χ2n) is 7.26. The third-order valence-electron chi connectivity index (χ3n) is 4.95. The fourth-order valence-corrected chi connectivity index (χ4v) is 4.10. The van der Waals surface area contributed by atoms with Crippen molar-refractivity contribution in [3.63, 3.8) is 0 Å². The number of halogens is 2. The smallest absolute Gasteiger partial charge is 0.256 e. The minimum atomic E-state index is -0.244. The SMILES string of the molecule is Cc1nn(-c2ccc(Br)cc2)c(Cl)c1C(=O)N[C@@H](Cc1ccccc1)Cn1ccnc1. The Hall–Kier alpha value is -2.90. The van der Waals surface area contributed by atoms with Gasteiger partial charge in [0.1, 0.15) is 5.15 Å². The Morgan fingerprint density at radius 2 is 1.90 bits per heavy atom. The molecule has 2 aromatic carbocycles. The molecule has 158 valence electrons. The topological polar surface area (TPSA) is 64.7 Å². The van der Waals surface area contributed by atoms with Crippen molar-refractivity contribution in [2.24, 2.45) is 0 Å². The van der Waals surface area contributed by atoms with E-state index in [1.807, 2.05) is 53.2 Å². The van der Waals surface area contributed by atoms with Gasteiger partial charge >= 0.3 is 0 Å². The third-order valence-corrected chi connectivity index (χ3v) is 5.83. The number of hydrogen-bond acceptors (Lipinski definition) is 3. The van der Waals surface area contributed by atoms with Gasteiger partial charge in [-0.05, 0) is 43.2 Å². The summed E-state index contributed by atoms with van der Waals surface area (Å²) in [5.74, 6) is -0.244. The third kappa shape index (κ3) is 5.06. The van der Waals surface area contributed by atoms with E-state index in [4.69, 9.17) is 11.6 Å². The molecule has 0 saturated carbocycles. The highest BCUT2D eigenvalue weighted by molar-refractivity contribution is 9.10. The Morgan fingerprint density at radius 1 is 1.16 bits per heavy atom. The van der Waals surface area contributed by atoms with Crippen LogP contribution in [0, 0.1) is 6.92 Å². The van der Waals surface area contributed by atoms with Crippen LogP contribution in [0.3, 0.4) is 0 Å². The van der Waals surface area contributed by atoms with E-state index in [9.17, 15) is 4.79 Å². The minimum absolute atomic E-state index is 0.143. The van der Waals surface area contributed by atoms with Gasteiger partial charge in [0.15, 0.2) is 0 Å². The molecule has 8 heteroatoms. The number of aryl methyl sites for hydroxylation is 1. The Morgan fingerprint density at radius 3 is 2.58 bits per heavy atom. The average Bonchev–Trinajstić information content (AvgIpc) is 3.36. The van der Waals surface area contributed by atoms with Crippen LogP contribution in [0.2, 0.25) is 5.15 Å². The largest absolute Gasteiger partial charge is 0.347 e. The summed E-state index contributed by atoms with van der Waals surface area (Å²) in [4.78, 5) is 17.3. The number of imidazole rings is 1. The van der Waals surface area contributed by atoms with Crippen LogP contribution in [-0.2, 0) is 13.0 Å². The predicted octanol–water partition coefficient (Wildman–Crippen LogP) is 4.83. The van der Waals surface area contributed by atoms with E-state index in [2.05, 4.69) is 43.5 Å². The first-order chi connectivity index (χ1) is 15.0. The molecule has 4 aromatic rings. The zero-order valence-electron chi connectivity index (χ0n) is 16.9. The van der Waals surface area contributed by atoms with E-state index in [-0.39, 0.29) is 11.9 Å². The number of aromatic nitrogens is 4. The number of carbonyl (C=O) groups excluding carboxylic acids is 1. The van der Waals surface area contributed by atoms with Crippen LogP contribution in [0.1, 0.15) is 21.6 Å². The van der Waals surface area contributed by atoms with Crippen LogP contribution in [0.5, 0.6) is 0 Å². The molecule has 2 heterocycles. The number of carbonyl (C=O) groups is 1. The summed E-state index contributed by atoms with van der Waals surface area (Å²) >= 11 is 10.0. The van der Waals surface area contributed by atoms with E-state index in [0.29, 0.717) is 29.4 Å². The van der Waals surface area contributed by atoms with Crippen molar-refractivity contribution in [1.82, 2.24) is 24.6 Å². The van der Waals surface area contributed by atoms with Crippen LogP contribution in [0.25, 0.3) is 5.69 Å². The molecular formula is C23H21BrClN5O. The van der Waals surface area contributed by atoms with Gasteiger partial charge in [0.25, 0.3) is 5.91 Å². The number of hydrogen-bond donors (Lipinski definition) is 1. The molecule has 1 amide bonds. The molecule has 1 atom stereocenters. The van der Waals surface area contributed by atoms with Crippen molar-refractivity contribution in [2.75, 3.05) is 0 Å². The molecule has 0 saturated heterocycles. The van der Waals surface area contributed by atoms with Gasteiger partial charge in [-0.15, -0.1) is 0 Å². The van der Waals surface area contributed by atoms with Crippen LogP contribution in [-0.4, -0.2) is 31.3 Å².